The molecule has 0 radical (unpaired) electrons. The molecule has 23 heavy (non-hydrogen) atoms. The van der Waals surface area contributed by atoms with Crippen molar-refractivity contribution in [1.82, 2.24) is 15.2 Å². The maximum absolute atomic E-state index is 12.6. The third-order valence-corrected chi connectivity index (χ3v) is 5.43. The van der Waals surface area contributed by atoms with Crippen molar-refractivity contribution in [3.05, 3.63) is 52.5 Å². The zero-order valence-electron chi connectivity index (χ0n) is 12.5. The van der Waals surface area contributed by atoms with Crippen LogP contribution in [0.15, 0.2) is 41.4 Å². The van der Waals surface area contributed by atoms with Crippen LogP contribution in [0.25, 0.3) is 0 Å². The van der Waals surface area contributed by atoms with Gasteiger partial charge >= 0.3 is 0 Å². The van der Waals surface area contributed by atoms with Gasteiger partial charge in [0.25, 0.3) is 11.8 Å². The van der Waals surface area contributed by atoms with Gasteiger partial charge in [-0.05, 0) is 42.3 Å². The van der Waals surface area contributed by atoms with E-state index in [1.807, 2.05) is 21.7 Å². The quantitative estimate of drug-likeness (QED) is 0.940. The summed E-state index contributed by atoms with van der Waals surface area (Å²) in [5.41, 5.74) is 1.31. The third kappa shape index (κ3) is 2.63. The summed E-state index contributed by atoms with van der Waals surface area (Å²) in [6.45, 7) is 0.804. The number of carbonyl (C=O) groups excluding carboxylic acids is 2. The molecule has 1 aliphatic heterocycles. The minimum absolute atomic E-state index is 0.0315. The number of aromatic nitrogens is 1. The van der Waals surface area contributed by atoms with Crippen LogP contribution in [-0.4, -0.2) is 40.3 Å². The molecule has 2 aromatic rings. The molecular weight excluding hydrogens is 310 g/mol. The highest BCUT2D eigenvalue weighted by Gasteiger charge is 2.47. The highest BCUT2D eigenvalue weighted by molar-refractivity contribution is 7.08. The summed E-state index contributed by atoms with van der Waals surface area (Å²) in [5, 5.41) is 6.89. The number of fused-ring (bicyclic) bond motifs is 2. The molecule has 2 fully saturated rings. The van der Waals surface area contributed by atoms with Crippen molar-refractivity contribution in [1.29, 1.82) is 0 Å². The van der Waals surface area contributed by atoms with Gasteiger partial charge in [-0.3, -0.25) is 14.6 Å². The largest absolute Gasteiger partial charge is 0.347 e. The molecule has 1 aliphatic carbocycles. The van der Waals surface area contributed by atoms with Crippen molar-refractivity contribution in [3.63, 3.8) is 0 Å². The number of nitrogens with one attached hydrogen (secondary N) is 1. The first kappa shape index (κ1) is 14.4. The molecular formula is C17H17N3O2S. The SMILES string of the molecule is O=C(NC1CC2CC1N(C(=O)c1ccsc1)C2)c1cccnc1. The first-order valence-electron chi connectivity index (χ1n) is 7.76. The number of amides is 2. The van der Waals surface area contributed by atoms with Crippen LogP contribution in [0.2, 0.25) is 0 Å². The molecule has 1 saturated heterocycles. The van der Waals surface area contributed by atoms with E-state index in [9.17, 15) is 9.59 Å². The number of nitrogens with zero attached hydrogens (tertiary/aromatic N) is 2. The van der Waals surface area contributed by atoms with Crippen molar-refractivity contribution in [2.24, 2.45) is 5.92 Å². The Hall–Kier alpha value is -2.21. The zero-order valence-corrected chi connectivity index (χ0v) is 13.3. The molecule has 2 amide bonds. The molecule has 0 spiro atoms. The summed E-state index contributed by atoms with van der Waals surface area (Å²) in [5.74, 6) is 0.458. The predicted octanol–water partition coefficient (Wildman–Crippen LogP) is 2.18. The number of likely N-dealkylation sites (tertiary alicyclic amines) is 1. The number of hydrogen-bond donors (Lipinski definition) is 1. The maximum Gasteiger partial charge on any atom is 0.255 e. The zero-order chi connectivity index (χ0) is 15.8. The summed E-state index contributed by atoms with van der Waals surface area (Å²) in [4.78, 5) is 30.9. The van der Waals surface area contributed by atoms with E-state index in [-0.39, 0.29) is 23.9 Å². The Labute approximate surface area is 138 Å². The normalized spacial score (nSPS) is 25.6. The van der Waals surface area contributed by atoms with Gasteiger partial charge in [0.1, 0.15) is 0 Å². The topological polar surface area (TPSA) is 62.3 Å². The highest BCUT2D eigenvalue weighted by atomic mass is 32.1. The van der Waals surface area contributed by atoms with Crippen LogP contribution in [0.5, 0.6) is 0 Å². The predicted molar refractivity (Wildman–Crippen MR) is 87.4 cm³/mol. The van der Waals surface area contributed by atoms with Crippen LogP contribution in [0.4, 0.5) is 0 Å². The molecule has 2 aromatic heterocycles. The average Bonchev–Trinajstić information content (AvgIpc) is 3.31. The second-order valence-corrected chi connectivity index (χ2v) is 6.98. The molecule has 3 unspecified atom stereocenters. The molecule has 6 heteroatoms. The number of thiophene rings is 1. The molecule has 2 bridgehead atoms. The molecule has 5 nitrogen and oxygen atoms in total. The fourth-order valence-corrected chi connectivity index (χ4v) is 4.34. The van der Waals surface area contributed by atoms with Gasteiger partial charge in [-0.1, -0.05) is 0 Å². The van der Waals surface area contributed by atoms with Gasteiger partial charge in [-0.15, -0.1) is 0 Å². The maximum atomic E-state index is 12.6. The first-order chi connectivity index (χ1) is 11.2. The van der Waals surface area contributed by atoms with Gasteiger partial charge in [0.15, 0.2) is 0 Å². The number of piperidine rings is 1. The van der Waals surface area contributed by atoms with E-state index in [0.29, 0.717) is 11.5 Å². The van der Waals surface area contributed by atoms with E-state index in [0.717, 1.165) is 24.9 Å². The first-order valence-corrected chi connectivity index (χ1v) is 8.70. The molecule has 1 saturated carbocycles. The van der Waals surface area contributed by atoms with E-state index < -0.39 is 0 Å². The van der Waals surface area contributed by atoms with Gasteiger partial charge in [0, 0.05) is 30.4 Å². The number of carbonyl (C=O) groups is 2. The van der Waals surface area contributed by atoms with E-state index in [1.165, 1.54) is 11.3 Å². The van der Waals surface area contributed by atoms with E-state index in [1.54, 1.807) is 24.5 Å². The second kappa shape index (κ2) is 5.77. The summed E-state index contributed by atoms with van der Waals surface area (Å²) in [6.07, 6.45) is 5.14. The number of pyridine rings is 1. The van der Waals surface area contributed by atoms with Crippen LogP contribution in [0.3, 0.4) is 0 Å². The molecule has 4 rings (SSSR count). The Morgan fingerprint density at radius 1 is 1.26 bits per heavy atom. The molecule has 118 valence electrons. The van der Waals surface area contributed by atoms with Gasteiger partial charge in [-0.2, -0.15) is 11.3 Å². The van der Waals surface area contributed by atoms with Crippen LogP contribution < -0.4 is 5.32 Å². The van der Waals surface area contributed by atoms with Crippen molar-refractivity contribution < 1.29 is 9.59 Å². The van der Waals surface area contributed by atoms with Crippen LogP contribution in [-0.2, 0) is 0 Å². The summed E-state index contributed by atoms with van der Waals surface area (Å²) in [7, 11) is 0. The Morgan fingerprint density at radius 2 is 2.17 bits per heavy atom. The summed E-state index contributed by atoms with van der Waals surface area (Å²) in [6, 6.07) is 5.51. The Bertz CT molecular complexity index is 717. The van der Waals surface area contributed by atoms with Crippen molar-refractivity contribution in [2.45, 2.75) is 24.9 Å². The van der Waals surface area contributed by atoms with Crippen LogP contribution in [0.1, 0.15) is 33.6 Å². The van der Waals surface area contributed by atoms with Gasteiger partial charge in [-0.25, -0.2) is 0 Å². The molecule has 0 aromatic carbocycles. The smallest absolute Gasteiger partial charge is 0.255 e. The Morgan fingerprint density at radius 3 is 2.87 bits per heavy atom. The van der Waals surface area contributed by atoms with Gasteiger partial charge < -0.3 is 10.2 Å². The third-order valence-electron chi connectivity index (χ3n) is 4.75. The van der Waals surface area contributed by atoms with E-state index in [4.69, 9.17) is 0 Å². The number of hydrogen-bond acceptors (Lipinski definition) is 4. The molecule has 3 atom stereocenters. The van der Waals surface area contributed by atoms with Gasteiger partial charge in [0.05, 0.1) is 17.2 Å². The van der Waals surface area contributed by atoms with Crippen LogP contribution in [0, 0.1) is 5.92 Å². The summed E-state index contributed by atoms with van der Waals surface area (Å²) < 4.78 is 0. The van der Waals surface area contributed by atoms with Crippen molar-refractivity contribution >= 4 is 23.2 Å². The Balaban J connectivity index is 1.47. The second-order valence-electron chi connectivity index (χ2n) is 6.20. The average molecular weight is 327 g/mol. The standard InChI is InChI=1S/C17H17N3O2S/c21-16(12-2-1-4-18-8-12)19-14-6-11-7-15(14)20(9-11)17(22)13-3-5-23-10-13/h1-5,8,10-11,14-15H,6-7,9H2,(H,19,21). The van der Waals surface area contributed by atoms with Crippen LogP contribution >= 0.6 is 11.3 Å². The molecule has 3 heterocycles. The lowest BCUT2D eigenvalue weighted by atomic mass is 10.0. The minimum atomic E-state index is -0.112. The lowest BCUT2D eigenvalue weighted by Crippen LogP contribution is -2.51. The lowest BCUT2D eigenvalue weighted by Gasteiger charge is -2.33. The lowest BCUT2D eigenvalue weighted by molar-refractivity contribution is 0.0649. The number of rotatable bonds is 3. The highest BCUT2D eigenvalue weighted by Crippen LogP contribution is 2.38. The monoisotopic (exact) mass is 327 g/mol. The Kier molecular flexibility index (Phi) is 3.61. The molecule has 2 aliphatic rings. The van der Waals surface area contributed by atoms with E-state index >= 15 is 0 Å². The van der Waals surface area contributed by atoms with Crippen molar-refractivity contribution in [2.75, 3.05) is 6.54 Å². The fraction of sp³-hybridized carbons (Fsp3) is 0.353. The van der Waals surface area contributed by atoms with E-state index in [2.05, 4.69) is 10.3 Å². The summed E-state index contributed by atoms with van der Waals surface area (Å²) >= 11 is 1.53. The van der Waals surface area contributed by atoms with Crippen molar-refractivity contribution in [3.8, 4) is 0 Å². The van der Waals surface area contributed by atoms with Gasteiger partial charge in [0.2, 0.25) is 0 Å². The molecule has 1 N–H and O–H groups in total. The fourth-order valence-electron chi connectivity index (χ4n) is 3.71. The minimum Gasteiger partial charge on any atom is -0.347 e.